The molecule has 0 spiro atoms. The van der Waals surface area contributed by atoms with Crippen LogP contribution in [0.1, 0.15) is 25.0 Å². The van der Waals surface area contributed by atoms with E-state index in [0.29, 0.717) is 23.6 Å². The third-order valence-electron chi connectivity index (χ3n) is 4.71. The second kappa shape index (κ2) is 10.1. The van der Waals surface area contributed by atoms with Crippen LogP contribution in [0.3, 0.4) is 0 Å². The smallest absolute Gasteiger partial charge is 0.235 e. The second-order valence-electron chi connectivity index (χ2n) is 7.61. The van der Waals surface area contributed by atoms with Crippen molar-refractivity contribution in [3.63, 3.8) is 0 Å². The van der Waals surface area contributed by atoms with E-state index in [1.807, 2.05) is 36.4 Å². The van der Waals surface area contributed by atoms with Crippen LogP contribution in [0.15, 0.2) is 66.9 Å². The van der Waals surface area contributed by atoms with Crippen LogP contribution in [0.4, 0.5) is 22.9 Å². The van der Waals surface area contributed by atoms with Crippen LogP contribution in [-0.2, 0) is 27.8 Å². The van der Waals surface area contributed by atoms with Crippen molar-refractivity contribution in [2.45, 2.75) is 32.1 Å². The summed E-state index contributed by atoms with van der Waals surface area (Å²) in [5.41, 5.74) is 9.17. The molecule has 1 aromatic heterocycles. The Hall–Kier alpha value is -3.59. The Bertz CT molecular complexity index is 1160. The van der Waals surface area contributed by atoms with Gasteiger partial charge in [-0.3, -0.25) is 9.52 Å². The predicted molar refractivity (Wildman–Crippen MR) is 128 cm³/mol. The minimum absolute atomic E-state index is 0.0785. The molecule has 0 radical (unpaired) electrons. The molecule has 2 aromatic carbocycles. The van der Waals surface area contributed by atoms with Crippen molar-refractivity contribution in [2.75, 3.05) is 15.4 Å². The van der Waals surface area contributed by atoms with Crippen molar-refractivity contribution in [3.8, 4) is 0 Å². The van der Waals surface area contributed by atoms with E-state index in [4.69, 9.17) is 5.73 Å². The van der Waals surface area contributed by atoms with Crippen LogP contribution in [0, 0.1) is 0 Å². The number of hydrogen-bond donors (Lipinski definition) is 4. The van der Waals surface area contributed by atoms with Crippen LogP contribution in [-0.4, -0.2) is 24.6 Å². The third kappa shape index (κ3) is 6.45. The number of benzene rings is 2. The number of nitrogens with two attached hydrogens (primary N) is 1. The molecular formula is C23H27N5O3S. The first-order chi connectivity index (χ1) is 15.2. The molecule has 0 fully saturated rings. The zero-order chi connectivity index (χ0) is 23.1. The lowest BCUT2D eigenvalue weighted by atomic mass is 10.1. The van der Waals surface area contributed by atoms with E-state index in [0.717, 1.165) is 16.9 Å². The van der Waals surface area contributed by atoms with Crippen molar-refractivity contribution >= 4 is 38.8 Å². The van der Waals surface area contributed by atoms with Gasteiger partial charge in [0.25, 0.3) is 0 Å². The van der Waals surface area contributed by atoms with Crippen molar-refractivity contribution in [3.05, 3.63) is 78.0 Å². The number of rotatable bonds is 10. The fourth-order valence-corrected chi connectivity index (χ4v) is 3.59. The van der Waals surface area contributed by atoms with E-state index < -0.39 is 21.2 Å². The van der Waals surface area contributed by atoms with Crippen LogP contribution >= 0.6 is 0 Å². The standard InChI is InChI=1S/C23H27N5O3S/c1-16(2)32(30,31)28-20-10-8-19(9-11-20)27-23-13-21(18(15-26-23)12-22(24)29)25-14-17-6-4-3-5-7-17/h3-11,13,15-16,28H,12,14H2,1-2H3,(H2,24,29)(H2,25,26,27). The molecule has 5 N–H and O–H groups in total. The summed E-state index contributed by atoms with van der Waals surface area (Å²) in [4.78, 5) is 15.8. The van der Waals surface area contributed by atoms with Crippen molar-refractivity contribution in [1.82, 2.24) is 4.98 Å². The highest BCUT2D eigenvalue weighted by Gasteiger charge is 2.15. The molecule has 1 amide bonds. The van der Waals surface area contributed by atoms with Gasteiger partial charge in [-0.1, -0.05) is 30.3 Å². The number of sulfonamides is 1. The van der Waals surface area contributed by atoms with Gasteiger partial charge in [0.2, 0.25) is 15.9 Å². The Morgan fingerprint density at radius 2 is 1.69 bits per heavy atom. The molecule has 0 aliphatic heterocycles. The molecular weight excluding hydrogens is 426 g/mol. The molecule has 0 atom stereocenters. The van der Waals surface area contributed by atoms with E-state index >= 15 is 0 Å². The highest BCUT2D eigenvalue weighted by atomic mass is 32.2. The van der Waals surface area contributed by atoms with E-state index in [1.54, 1.807) is 44.3 Å². The van der Waals surface area contributed by atoms with Gasteiger partial charge in [0, 0.05) is 41.4 Å². The molecule has 9 heteroatoms. The highest BCUT2D eigenvalue weighted by molar-refractivity contribution is 7.93. The number of nitrogens with one attached hydrogen (secondary N) is 3. The Labute approximate surface area is 188 Å². The number of nitrogens with zero attached hydrogens (tertiary/aromatic N) is 1. The van der Waals surface area contributed by atoms with Crippen molar-refractivity contribution < 1.29 is 13.2 Å². The summed E-state index contributed by atoms with van der Waals surface area (Å²) in [6, 6.07) is 18.6. The molecule has 0 saturated heterocycles. The quantitative estimate of drug-likeness (QED) is 0.371. The predicted octanol–water partition coefficient (Wildman–Crippen LogP) is 3.62. The summed E-state index contributed by atoms with van der Waals surface area (Å²) in [6.07, 6.45) is 1.70. The van der Waals surface area contributed by atoms with Crippen LogP contribution in [0.25, 0.3) is 0 Å². The second-order valence-corrected chi connectivity index (χ2v) is 9.84. The molecule has 3 rings (SSSR count). The minimum Gasteiger partial charge on any atom is -0.381 e. The number of carbonyl (C=O) groups is 1. The van der Waals surface area contributed by atoms with E-state index in [9.17, 15) is 13.2 Å². The maximum absolute atomic E-state index is 12.0. The minimum atomic E-state index is -3.40. The largest absolute Gasteiger partial charge is 0.381 e. The van der Waals surface area contributed by atoms with Gasteiger partial charge in [-0.15, -0.1) is 0 Å². The lowest BCUT2D eigenvalue weighted by molar-refractivity contribution is -0.117. The first-order valence-electron chi connectivity index (χ1n) is 10.2. The van der Waals surface area contributed by atoms with Gasteiger partial charge in [-0.25, -0.2) is 13.4 Å². The summed E-state index contributed by atoms with van der Waals surface area (Å²) < 4.78 is 26.6. The molecule has 0 saturated carbocycles. The number of aromatic nitrogens is 1. The SMILES string of the molecule is CC(C)S(=O)(=O)Nc1ccc(Nc2cc(NCc3ccccc3)c(CC(N)=O)cn2)cc1. The summed E-state index contributed by atoms with van der Waals surface area (Å²) >= 11 is 0. The Morgan fingerprint density at radius 3 is 2.31 bits per heavy atom. The molecule has 0 aliphatic rings. The Balaban J connectivity index is 1.75. The fourth-order valence-electron chi connectivity index (χ4n) is 2.89. The van der Waals surface area contributed by atoms with Gasteiger partial charge in [0.1, 0.15) is 5.82 Å². The molecule has 0 aliphatic carbocycles. The number of pyridine rings is 1. The first-order valence-corrected chi connectivity index (χ1v) is 11.7. The first kappa shape index (κ1) is 23.1. The van der Waals surface area contributed by atoms with Gasteiger partial charge >= 0.3 is 0 Å². The summed E-state index contributed by atoms with van der Waals surface area (Å²) in [7, 11) is -3.40. The monoisotopic (exact) mass is 453 g/mol. The number of hydrogen-bond acceptors (Lipinski definition) is 6. The molecule has 0 unspecified atom stereocenters. The fraction of sp³-hybridized carbons (Fsp3) is 0.217. The molecule has 8 nitrogen and oxygen atoms in total. The van der Waals surface area contributed by atoms with E-state index in [1.165, 1.54) is 0 Å². The number of amides is 1. The average molecular weight is 454 g/mol. The molecule has 0 bridgehead atoms. The molecule has 1 heterocycles. The van der Waals surface area contributed by atoms with Crippen LogP contribution in [0.2, 0.25) is 0 Å². The Morgan fingerprint density at radius 1 is 1.03 bits per heavy atom. The third-order valence-corrected chi connectivity index (χ3v) is 6.48. The van der Waals surface area contributed by atoms with Gasteiger partial charge < -0.3 is 16.4 Å². The number of primary amides is 1. The van der Waals surface area contributed by atoms with Gasteiger partial charge in [0.05, 0.1) is 11.7 Å². The zero-order valence-electron chi connectivity index (χ0n) is 18.0. The van der Waals surface area contributed by atoms with Crippen molar-refractivity contribution in [2.24, 2.45) is 5.73 Å². The number of carbonyl (C=O) groups excluding carboxylic acids is 1. The maximum atomic E-state index is 12.0. The number of anilines is 4. The molecule has 32 heavy (non-hydrogen) atoms. The van der Waals surface area contributed by atoms with Gasteiger partial charge in [0.15, 0.2) is 0 Å². The topological polar surface area (TPSA) is 126 Å². The Kier molecular flexibility index (Phi) is 7.32. The van der Waals surface area contributed by atoms with Crippen molar-refractivity contribution in [1.29, 1.82) is 0 Å². The summed E-state index contributed by atoms with van der Waals surface area (Å²) in [6.45, 7) is 3.82. The molecule has 168 valence electrons. The summed E-state index contributed by atoms with van der Waals surface area (Å²) in [5, 5.41) is 6.01. The highest BCUT2D eigenvalue weighted by Crippen LogP contribution is 2.24. The zero-order valence-corrected chi connectivity index (χ0v) is 18.8. The molecule has 3 aromatic rings. The van der Waals surface area contributed by atoms with Gasteiger partial charge in [-0.05, 0) is 43.7 Å². The average Bonchev–Trinajstić information content (AvgIpc) is 2.75. The van der Waals surface area contributed by atoms with Gasteiger partial charge in [-0.2, -0.15) is 0 Å². The maximum Gasteiger partial charge on any atom is 0.235 e. The van der Waals surface area contributed by atoms with Crippen LogP contribution in [0.5, 0.6) is 0 Å². The lowest BCUT2D eigenvalue weighted by Crippen LogP contribution is -2.22. The van der Waals surface area contributed by atoms with Crippen LogP contribution < -0.4 is 21.1 Å². The van der Waals surface area contributed by atoms with E-state index in [2.05, 4.69) is 20.3 Å². The summed E-state index contributed by atoms with van der Waals surface area (Å²) in [5.74, 6) is 0.138. The normalized spacial score (nSPS) is 11.2. The van der Waals surface area contributed by atoms with E-state index in [-0.39, 0.29) is 6.42 Å². The lowest BCUT2D eigenvalue weighted by Gasteiger charge is -2.14.